The first-order chi connectivity index (χ1) is 6.65. The van der Waals surface area contributed by atoms with Crippen LogP contribution in [0.1, 0.15) is 30.3 Å². The number of rotatable bonds is 5. The number of nitrogens with two attached hydrogens (primary N) is 2. The van der Waals surface area contributed by atoms with E-state index in [1.165, 1.54) is 4.88 Å². The average Bonchev–Trinajstić information content (AvgIpc) is 2.47. The maximum Gasteiger partial charge on any atom is 0.180 e. The van der Waals surface area contributed by atoms with Crippen molar-refractivity contribution in [1.82, 2.24) is 4.98 Å². The fraction of sp³-hybridized carbons (Fsp3) is 0.667. The van der Waals surface area contributed by atoms with Crippen LogP contribution in [0.3, 0.4) is 0 Å². The van der Waals surface area contributed by atoms with Gasteiger partial charge >= 0.3 is 0 Å². The number of nitrogen functional groups attached to an aromatic ring is 1. The summed E-state index contributed by atoms with van der Waals surface area (Å²) in [4.78, 5) is 5.64. The first-order valence-electron chi connectivity index (χ1n) is 4.68. The van der Waals surface area contributed by atoms with Gasteiger partial charge in [0, 0.05) is 22.9 Å². The summed E-state index contributed by atoms with van der Waals surface area (Å²) in [6, 6.07) is 0. The zero-order valence-electron chi connectivity index (χ0n) is 8.62. The molecule has 0 aliphatic heterocycles. The van der Waals surface area contributed by atoms with Crippen molar-refractivity contribution in [1.29, 1.82) is 0 Å². The first kappa shape index (κ1) is 11.8. The molecule has 0 unspecified atom stereocenters. The summed E-state index contributed by atoms with van der Waals surface area (Å²) in [6.07, 6.45) is 0. The molecule has 1 rings (SSSR count). The molecule has 5 heteroatoms. The number of anilines is 1. The summed E-state index contributed by atoms with van der Waals surface area (Å²) in [5.74, 6) is 2.44. The van der Waals surface area contributed by atoms with E-state index in [1.54, 1.807) is 11.3 Å². The number of aromatic nitrogens is 1. The van der Waals surface area contributed by atoms with E-state index in [9.17, 15) is 0 Å². The van der Waals surface area contributed by atoms with E-state index in [0.717, 1.165) is 23.7 Å². The molecular weight excluding hydrogens is 214 g/mol. The van der Waals surface area contributed by atoms with Crippen molar-refractivity contribution >= 4 is 28.2 Å². The van der Waals surface area contributed by atoms with Crippen LogP contribution in [-0.2, 0) is 5.75 Å². The minimum atomic E-state index is 0.456. The van der Waals surface area contributed by atoms with Crippen molar-refractivity contribution in [3.63, 3.8) is 0 Å². The van der Waals surface area contributed by atoms with E-state index in [1.807, 2.05) is 11.8 Å². The number of thiazole rings is 1. The zero-order chi connectivity index (χ0) is 10.6. The number of hydrogen-bond acceptors (Lipinski definition) is 5. The van der Waals surface area contributed by atoms with Gasteiger partial charge in [-0.05, 0) is 5.92 Å². The maximum atomic E-state index is 5.69. The summed E-state index contributed by atoms with van der Waals surface area (Å²) in [5, 5.41) is 0.678. The highest BCUT2D eigenvalue weighted by atomic mass is 32.2. The van der Waals surface area contributed by atoms with Crippen LogP contribution in [0.2, 0.25) is 0 Å². The monoisotopic (exact) mass is 231 g/mol. The zero-order valence-corrected chi connectivity index (χ0v) is 10.3. The molecule has 0 radical (unpaired) electrons. The highest BCUT2D eigenvalue weighted by Gasteiger charge is 2.12. The maximum absolute atomic E-state index is 5.69. The van der Waals surface area contributed by atoms with Gasteiger partial charge in [-0.1, -0.05) is 13.8 Å². The van der Waals surface area contributed by atoms with Crippen LogP contribution >= 0.6 is 23.1 Å². The van der Waals surface area contributed by atoms with Gasteiger partial charge in [-0.25, -0.2) is 4.98 Å². The molecule has 1 aromatic heterocycles. The third kappa shape index (κ3) is 3.15. The van der Waals surface area contributed by atoms with E-state index >= 15 is 0 Å². The van der Waals surface area contributed by atoms with E-state index in [2.05, 4.69) is 18.8 Å². The Balaban J connectivity index is 2.64. The van der Waals surface area contributed by atoms with E-state index in [0.29, 0.717) is 11.0 Å². The molecule has 80 valence electrons. The number of nitrogens with zero attached hydrogens (tertiary/aromatic N) is 1. The third-order valence-electron chi connectivity index (χ3n) is 1.79. The predicted molar refractivity (Wildman–Crippen MR) is 65.8 cm³/mol. The first-order valence-corrected chi connectivity index (χ1v) is 6.65. The quantitative estimate of drug-likeness (QED) is 0.761. The molecule has 4 N–H and O–H groups in total. The van der Waals surface area contributed by atoms with Crippen molar-refractivity contribution < 1.29 is 0 Å². The fourth-order valence-electron chi connectivity index (χ4n) is 1.19. The Morgan fingerprint density at radius 3 is 2.79 bits per heavy atom. The lowest BCUT2D eigenvalue weighted by Crippen LogP contribution is -2.01. The Hall–Kier alpha value is -0.260. The highest BCUT2D eigenvalue weighted by Crippen LogP contribution is 2.29. The van der Waals surface area contributed by atoms with Crippen molar-refractivity contribution in [3.8, 4) is 0 Å². The minimum Gasteiger partial charge on any atom is -0.375 e. The van der Waals surface area contributed by atoms with Gasteiger partial charge in [-0.3, -0.25) is 0 Å². The molecule has 14 heavy (non-hydrogen) atoms. The van der Waals surface area contributed by atoms with Gasteiger partial charge in [0.05, 0.1) is 5.69 Å². The molecule has 0 atom stereocenters. The molecule has 3 nitrogen and oxygen atoms in total. The van der Waals surface area contributed by atoms with Crippen molar-refractivity contribution in [3.05, 3.63) is 10.6 Å². The second-order valence-electron chi connectivity index (χ2n) is 3.36. The Morgan fingerprint density at radius 1 is 1.50 bits per heavy atom. The summed E-state index contributed by atoms with van der Waals surface area (Å²) < 4.78 is 0. The topological polar surface area (TPSA) is 64.9 Å². The molecule has 0 fully saturated rings. The van der Waals surface area contributed by atoms with Crippen molar-refractivity contribution in [2.45, 2.75) is 25.5 Å². The van der Waals surface area contributed by atoms with Crippen LogP contribution in [0.25, 0.3) is 0 Å². The van der Waals surface area contributed by atoms with Gasteiger partial charge < -0.3 is 11.5 Å². The molecule has 0 aliphatic carbocycles. The fourth-order valence-corrected chi connectivity index (χ4v) is 3.10. The second kappa shape index (κ2) is 5.58. The predicted octanol–water partition coefficient (Wildman–Crippen LogP) is 2.04. The Bertz CT molecular complexity index is 284. The van der Waals surface area contributed by atoms with E-state index in [4.69, 9.17) is 11.5 Å². The lowest BCUT2D eigenvalue weighted by molar-refractivity contribution is 0.825. The van der Waals surface area contributed by atoms with Gasteiger partial charge in [0.25, 0.3) is 0 Å². The van der Waals surface area contributed by atoms with E-state index in [-0.39, 0.29) is 0 Å². The van der Waals surface area contributed by atoms with Crippen molar-refractivity contribution in [2.75, 3.05) is 18.0 Å². The van der Waals surface area contributed by atoms with Gasteiger partial charge in [0.1, 0.15) is 0 Å². The van der Waals surface area contributed by atoms with Gasteiger partial charge in [-0.15, -0.1) is 11.3 Å². The minimum absolute atomic E-state index is 0.456. The summed E-state index contributed by atoms with van der Waals surface area (Å²) >= 11 is 3.44. The highest BCUT2D eigenvalue weighted by molar-refractivity contribution is 7.98. The number of thioether (sulfide) groups is 1. The second-order valence-corrected chi connectivity index (χ2v) is 5.58. The molecule has 1 heterocycles. The van der Waals surface area contributed by atoms with Gasteiger partial charge in [-0.2, -0.15) is 11.8 Å². The van der Waals surface area contributed by atoms with Crippen LogP contribution in [0.5, 0.6) is 0 Å². The molecule has 0 bridgehead atoms. The van der Waals surface area contributed by atoms with Crippen LogP contribution < -0.4 is 11.5 Å². The third-order valence-corrected chi connectivity index (χ3v) is 3.89. The van der Waals surface area contributed by atoms with Crippen molar-refractivity contribution in [2.24, 2.45) is 5.73 Å². The summed E-state index contributed by atoms with van der Waals surface area (Å²) in [7, 11) is 0. The molecule has 1 aromatic rings. The van der Waals surface area contributed by atoms with Crippen LogP contribution in [-0.4, -0.2) is 17.3 Å². The SMILES string of the molecule is CC(C)c1nc(N)sc1CSCCN. The van der Waals surface area contributed by atoms with Gasteiger partial charge in [0.15, 0.2) is 5.13 Å². The largest absolute Gasteiger partial charge is 0.375 e. The molecule has 0 aliphatic rings. The van der Waals surface area contributed by atoms with Gasteiger partial charge in [0.2, 0.25) is 0 Å². The molecular formula is C9H17N3S2. The van der Waals surface area contributed by atoms with Crippen LogP contribution in [0, 0.1) is 0 Å². The molecule has 0 saturated heterocycles. The standard InChI is InChI=1S/C9H17N3S2/c1-6(2)8-7(5-13-4-3-10)14-9(11)12-8/h6H,3-5,10H2,1-2H3,(H2,11,12). The van der Waals surface area contributed by atoms with Crippen LogP contribution in [0.15, 0.2) is 0 Å². The lowest BCUT2D eigenvalue weighted by atomic mass is 10.1. The molecule has 0 spiro atoms. The normalized spacial score (nSPS) is 11.1. The Kier molecular flexibility index (Phi) is 4.71. The van der Waals surface area contributed by atoms with Crippen LogP contribution in [0.4, 0.5) is 5.13 Å². The average molecular weight is 231 g/mol. The summed E-state index contributed by atoms with van der Waals surface area (Å²) in [5.41, 5.74) is 12.3. The van der Waals surface area contributed by atoms with E-state index < -0.39 is 0 Å². The number of hydrogen-bond donors (Lipinski definition) is 2. The lowest BCUT2D eigenvalue weighted by Gasteiger charge is -2.04. The molecule has 0 amide bonds. The molecule has 0 aromatic carbocycles. The summed E-state index contributed by atoms with van der Waals surface area (Å²) in [6.45, 7) is 5.02. The molecule has 0 saturated carbocycles. The Labute approximate surface area is 93.3 Å². The smallest absolute Gasteiger partial charge is 0.180 e. The Morgan fingerprint density at radius 2 is 2.21 bits per heavy atom.